The maximum atomic E-state index is 5.78. The first-order valence-corrected chi connectivity index (χ1v) is 8.92. The number of rotatable bonds is 5. The molecule has 144 valence electrons. The van der Waals surface area contributed by atoms with Gasteiger partial charge in [-0.25, -0.2) is 0 Å². The summed E-state index contributed by atoms with van der Waals surface area (Å²) in [7, 11) is 3.56. The lowest BCUT2D eigenvalue weighted by molar-refractivity contribution is 0.120. The molecule has 2 fully saturated rings. The summed E-state index contributed by atoms with van der Waals surface area (Å²) in [4.78, 5) is 2.64. The molecule has 25 heavy (non-hydrogen) atoms. The highest BCUT2D eigenvalue weighted by molar-refractivity contribution is 5.85. The average Bonchev–Trinajstić information content (AvgIpc) is 3.11. The molecule has 4 nitrogen and oxygen atoms in total. The predicted octanol–water partition coefficient (Wildman–Crippen LogP) is 3.99. The molecule has 1 saturated carbocycles. The molecular weight excluding hydrogens is 359 g/mol. The van der Waals surface area contributed by atoms with Crippen molar-refractivity contribution in [1.29, 1.82) is 0 Å². The van der Waals surface area contributed by atoms with Crippen LogP contribution in [0.4, 0.5) is 0 Å². The largest absolute Gasteiger partial charge is 0.496 e. The lowest BCUT2D eigenvalue weighted by atomic mass is 9.88. The van der Waals surface area contributed by atoms with E-state index in [-0.39, 0.29) is 24.8 Å². The lowest BCUT2D eigenvalue weighted by Gasteiger charge is -2.39. The van der Waals surface area contributed by atoms with Crippen molar-refractivity contribution in [3.05, 3.63) is 23.3 Å². The molecule has 0 aromatic heterocycles. The van der Waals surface area contributed by atoms with E-state index in [0.717, 1.165) is 37.7 Å². The Hall–Kier alpha value is -0.680. The topological polar surface area (TPSA) is 33.7 Å². The van der Waals surface area contributed by atoms with Crippen LogP contribution in [0.15, 0.2) is 12.1 Å². The van der Waals surface area contributed by atoms with Crippen molar-refractivity contribution in [1.82, 2.24) is 10.2 Å². The number of piperazine rings is 1. The summed E-state index contributed by atoms with van der Waals surface area (Å²) < 4.78 is 11.6. The van der Waals surface area contributed by atoms with Gasteiger partial charge in [0, 0.05) is 32.2 Å². The zero-order valence-corrected chi connectivity index (χ0v) is 17.2. The molecule has 1 aromatic rings. The van der Waals surface area contributed by atoms with E-state index in [9.17, 15) is 0 Å². The minimum Gasteiger partial charge on any atom is -0.496 e. The Labute approximate surface area is 164 Å². The summed E-state index contributed by atoms with van der Waals surface area (Å²) in [5.74, 6) is 2.67. The Kier molecular flexibility index (Phi) is 9.36. The highest BCUT2D eigenvalue weighted by Crippen LogP contribution is 2.46. The van der Waals surface area contributed by atoms with Crippen molar-refractivity contribution in [2.75, 3.05) is 40.4 Å². The molecule has 1 aromatic carbocycles. The number of benzene rings is 1. The van der Waals surface area contributed by atoms with Crippen LogP contribution >= 0.6 is 24.8 Å². The molecule has 1 atom stereocenters. The van der Waals surface area contributed by atoms with E-state index in [1.807, 2.05) is 0 Å². The van der Waals surface area contributed by atoms with Gasteiger partial charge in [0.2, 0.25) is 0 Å². The van der Waals surface area contributed by atoms with Crippen molar-refractivity contribution >= 4 is 24.8 Å². The Balaban J connectivity index is 0.00000156. The quantitative estimate of drug-likeness (QED) is 0.823. The second-order valence-electron chi connectivity index (χ2n) is 6.86. The van der Waals surface area contributed by atoms with E-state index in [2.05, 4.69) is 29.3 Å². The maximum Gasteiger partial charge on any atom is 0.127 e. The van der Waals surface area contributed by atoms with Crippen molar-refractivity contribution in [3.63, 3.8) is 0 Å². The van der Waals surface area contributed by atoms with Crippen LogP contribution in [0.25, 0.3) is 0 Å². The van der Waals surface area contributed by atoms with Gasteiger partial charge in [0.25, 0.3) is 0 Å². The van der Waals surface area contributed by atoms with Gasteiger partial charge >= 0.3 is 0 Å². The first kappa shape index (κ1) is 22.4. The molecule has 0 bridgehead atoms. The van der Waals surface area contributed by atoms with Gasteiger partial charge in [0.05, 0.1) is 19.8 Å². The number of halogens is 2. The van der Waals surface area contributed by atoms with Gasteiger partial charge < -0.3 is 14.8 Å². The van der Waals surface area contributed by atoms with Gasteiger partial charge in [-0.3, -0.25) is 4.90 Å². The molecular formula is C19H32Cl2N2O2. The van der Waals surface area contributed by atoms with Gasteiger partial charge in [0.1, 0.15) is 11.5 Å². The number of hydrogen-bond donors (Lipinski definition) is 1. The average molecular weight is 391 g/mol. The third-order valence-electron chi connectivity index (χ3n) is 5.38. The normalized spacial score (nSPS) is 19.6. The fraction of sp³-hybridized carbons (Fsp3) is 0.684. The van der Waals surface area contributed by atoms with Gasteiger partial charge in [-0.05, 0) is 43.4 Å². The Morgan fingerprint density at radius 3 is 2.00 bits per heavy atom. The smallest absolute Gasteiger partial charge is 0.127 e. The molecule has 1 saturated heterocycles. The van der Waals surface area contributed by atoms with E-state index in [1.165, 1.54) is 36.8 Å². The van der Waals surface area contributed by atoms with Gasteiger partial charge in [0.15, 0.2) is 0 Å². The fourth-order valence-corrected chi connectivity index (χ4v) is 4.31. The van der Waals surface area contributed by atoms with Gasteiger partial charge in [-0.15, -0.1) is 24.8 Å². The number of hydrogen-bond acceptors (Lipinski definition) is 4. The minimum absolute atomic E-state index is 0. The standard InChI is InChI=1S/C19H30N2O2.2ClH/c1-14-12-16(22-2)18(17(13-14)23-3)19(15-6-4-5-7-15)21-10-8-20-9-11-21;;/h12-13,15,19-20H,4-11H2,1-3H3;2*1H/t19-;;/m1../s1. The van der Waals surface area contributed by atoms with E-state index in [0.29, 0.717) is 12.0 Å². The van der Waals surface area contributed by atoms with E-state index >= 15 is 0 Å². The van der Waals surface area contributed by atoms with E-state index in [4.69, 9.17) is 9.47 Å². The second kappa shape index (κ2) is 10.5. The molecule has 1 N–H and O–H groups in total. The number of aryl methyl sites for hydroxylation is 1. The summed E-state index contributed by atoms with van der Waals surface area (Å²) in [6.45, 7) is 6.44. The van der Waals surface area contributed by atoms with Crippen molar-refractivity contribution in [2.24, 2.45) is 5.92 Å². The molecule has 1 aliphatic carbocycles. The fourth-order valence-electron chi connectivity index (χ4n) is 4.31. The van der Waals surface area contributed by atoms with Crippen LogP contribution in [0.1, 0.15) is 42.9 Å². The predicted molar refractivity (Wildman–Crippen MR) is 108 cm³/mol. The highest BCUT2D eigenvalue weighted by atomic mass is 35.5. The zero-order valence-electron chi connectivity index (χ0n) is 15.5. The van der Waals surface area contributed by atoms with Crippen LogP contribution in [0, 0.1) is 12.8 Å². The van der Waals surface area contributed by atoms with Crippen molar-refractivity contribution in [2.45, 2.75) is 38.6 Å². The van der Waals surface area contributed by atoms with Crippen LogP contribution in [-0.2, 0) is 0 Å². The zero-order chi connectivity index (χ0) is 16.2. The monoisotopic (exact) mass is 390 g/mol. The number of nitrogens with zero attached hydrogens (tertiary/aromatic N) is 1. The number of nitrogens with one attached hydrogen (secondary N) is 1. The summed E-state index contributed by atoms with van der Waals surface area (Å²) >= 11 is 0. The van der Waals surface area contributed by atoms with Crippen molar-refractivity contribution < 1.29 is 9.47 Å². The summed E-state index contributed by atoms with van der Waals surface area (Å²) in [5, 5.41) is 3.47. The van der Waals surface area contributed by atoms with Gasteiger partial charge in [-0.1, -0.05) is 12.8 Å². The first-order chi connectivity index (χ1) is 11.2. The molecule has 0 unspecified atom stereocenters. The molecule has 0 spiro atoms. The van der Waals surface area contributed by atoms with Crippen LogP contribution in [-0.4, -0.2) is 45.3 Å². The molecule has 1 aliphatic heterocycles. The van der Waals surface area contributed by atoms with E-state index < -0.39 is 0 Å². The summed E-state index contributed by atoms with van der Waals surface area (Å²) in [5.41, 5.74) is 2.45. The van der Waals surface area contributed by atoms with Gasteiger partial charge in [-0.2, -0.15) is 0 Å². The Morgan fingerprint density at radius 2 is 1.52 bits per heavy atom. The third-order valence-corrected chi connectivity index (χ3v) is 5.38. The van der Waals surface area contributed by atoms with Crippen molar-refractivity contribution in [3.8, 4) is 11.5 Å². The molecule has 3 rings (SSSR count). The maximum absolute atomic E-state index is 5.78. The summed E-state index contributed by atoms with van der Waals surface area (Å²) in [6, 6.07) is 4.72. The highest BCUT2D eigenvalue weighted by Gasteiger charge is 2.35. The molecule has 0 radical (unpaired) electrons. The molecule has 1 heterocycles. The molecule has 6 heteroatoms. The van der Waals surface area contributed by atoms with Crippen LogP contribution in [0.2, 0.25) is 0 Å². The Bertz CT molecular complexity index is 505. The minimum atomic E-state index is 0. The van der Waals surface area contributed by atoms with Crippen LogP contribution < -0.4 is 14.8 Å². The van der Waals surface area contributed by atoms with Crippen LogP contribution in [0.5, 0.6) is 11.5 Å². The second-order valence-corrected chi connectivity index (χ2v) is 6.86. The van der Waals surface area contributed by atoms with E-state index in [1.54, 1.807) is 14.2 Å². The summed E-state index contributed by atoms with van der Waals surface area (Å²) in [6.07, 6.45) is 5.33. The number of ether oxygens (including phenoxy) is 2. The SMILES string of the molecule is COc1cc(C)cc(OC)c1[C@@H](C1CCCC1)N1CCNCC1.Cl.Cl. The van der Waals surface area contributed by atoms with Crippen LogP contribution in [0.3, 0.4) is 0 Å². The molecule has 2 aliphatic rings. The first-order valence-electron chi connectivity index (χ1n) is 8.92. The third kappa shape index (κ3) is 4.94. The lowest BCUT2D eigenvalue weighted by Crippen LogP contribution is -2.46. The Morgan fingerprint density at radius 1 is 1.00 bits per heavy atom. The number of methoxy groups -OCH3 is 2. The molecule has 0 amide bonds.